The molecule has 2 atom stereocenters. The third-order valence-electron chi connectivity index (χ3n) is 5.79. The molecule has 1 aliphatic heterocycles. The van der Waals surface area contributed by atoms with Gasteiger partial charge in [-0.3, -0.25) is 9.59 Å². The first-order valence-electron chi connectivity index (χ1n) is 9.11. The number of likely N-dealkylation sites (tertiary alicyclic amines) is 1. The van der Waals surface area contributed by atoms with Gasteiger partial charge in [-0.1, -0.05) is 6.92 Å². The maximum absolute atomic E-state index is 13.8. The maximum atomic E-state index is 13.8. The lowest BCUT2D eigenvalue weighted by atomic mass is 10.1. The van der Waals surface area contributed by atoms with Crippen LogP contribution in [0.4, 0.5) is 17.6 Å². The van der Waals surface area contributed by atoms with Gasteiger partial charge in [-0.15, -0.1) is 0 Å². The smallest absolute Gasteiger partial charge is 0.268 e. The van der Waals surface area contributed by atoms with Gasteiger partial charge in [-0.25, -0.2) is 17.6 Å². The van der Waals surface area contributed by atoms with Crippen molar-refractivity contribution in [2.24, 2.45) is 5.41 Å². The van der Waals surface area contributed by atoms with Crippen LogP contribution in [-0.2, 0) is 4.79 Å². The molecule has 4 rings (SSSR count). The molecule has 9 heteroatoms. The fourth-order valence-electron chi connectivity index (χ4n) is 3.96. The van der Waals surface area contributed by atoms with E-state index in [1.54, 1.807) is 6.92 Å². The van der Waals surface area contributed by atoms with Gasteiger partial charge >= 0.3 is 0 Å². The van der Waals surface area contributed by atoms with Crippen LogP contribution in [0.25, 0.3) is 10.9 Å². The van der Waals surface area contributed by atoms with Crippen LogP contribution in [-0.4, -0.2) is 46.8 Å². The molecule has 28 heavy (non-hydrogen) atoms. The quantitative estimate of drug-likeness (QED) is 0.779. The number of hydrogen-bond acceptors (Lipinski definition) is 2. The van der Waals surface area contributed by atoms with E-state index in [-0.39, 0.29) is 48.9 Å². The van der Waals surface area contributed by atoms with E-state index in [2.05, 4.69) is 10.3 Å². The molecule has 2 aliphatic rings. The van der Waals surface area contributed by atoms with Crippen LogP contribution in [0, 0.1) is 17.0 Å². The van der Waals surface area contributed by atoms with Crippen LogP contribution in [0.1, 0.15) is 36.7 Å². The molecule has 0 unspecified atom stereocenters. The molecule has 1 saturated carbocycles. The molecule has 1 saturated heterocycles. The van der Waals surface area contributed by atoms with Gasteiger partial charge in [0.2, 0.25) is 5.91 Å². The highest BCUT2D eigenvalue weighted by Gasteiger charge is 2.73. The highest BCUT2D eigenvalue weighted by molar-refractivity contribution is 6.00. The van der Waals surface area contributed by atoms with Gasteiger partial charge in [0.05, 0.1) is 10.9 Å². The average Bonchev–Trinajstić information content (AvgIpc) is 3.02. The molecular formula is C19H19F4N3O2. The number of alkyl halides is 2. The molecule has 2 aromatic rings. The van der Waals surface area contributed by atoms with Crippen molar-refractivity contribution >= 4 is 22.7 Å². The first-order valence-corrected chi connectivity index (χ1v) is 9.11. The van der Waals surface area contributed by atoms with Crippen molar-refractivity contribution in [2.75, 3.05) is 13.1 Å². The summed E-state index contributed by atoms with van der Waals surface area (Å²) in [6, 6.07) is 2.14. The fraction of sp³-hybridized carbons (Fsp3) is 0.474. The minimum atomic E-state index is -2.73. The van der Waals surface area contributed by atoms with E-state index >= 15 is 0 Å². The van der Waals surface area contributed by atoms with E-state index in [0.717, 1.165) is 6.07 Å². The molecule has 2 amide bonds. The topological polar surface area (TPSA) is 65.2 Å². The van der Waals surface area contributed by atoms with Crippen LogP contribution in [0.5, 0.6) is 0 Å². The second-order valence-electron chi connectivity index (χ2n) is 7.64. The standard InChI is InChI=1S/C19H19F4N3O2/c1-2-13(17(28)26-4-3-18(9-26)8-19(18,22)23)25-16(27)15-7-11-12(21)5-10(20)6-14(11)24-15/h5-7,13,24H,2-4,8-9H2,1H3,(H,25,27)/t13-,18+/m1/s1. The van der Waals surface area contributed by atoms with Crippen molar-refractivity contribution in [3.05, 3.63) is 35.5 Å². The lowest BCUT2D eigenvalue weighted by Crippen LogP contribution is -2.47. The Morgan fingerprint density at radius 1 is 1.29 bits per heavy atom. The summed E-state index contributed by atoms with van der Waals surface area (Å²) < 4.78 is 54.2. The molecule has 1 spiro atoms. The number of aromatic amines is 1. The zero-order valence-electron chi connectivity index (χ0n) is 15.1. The number of amides is 2. The highest BCUT2D eigenvalue weighted by atomic mass is 19.3. The van der Waals surface area contributed by atoms with Crippen LogP contribution < -0.4 is 5.32 Å². The zero-order valence-corrected chi connectivity index (χ0v) is 15.1. The number of benzene rings is 1. The SMILES string of the molecule is CC[C@@H](NC(=O)c1cc2c(F)cc(F)cc2[nH]1)C(=O)N1CC[C@@]2(C1)CC2(F)F. The first-order chi connectivity index (χ1) is 13.2. The molecule has 1 aromatic heterocycles. The molecule has 2 heterocycles. The molecule has 2 fully saturated rings. The summed E-state index contributed by atoms with van der Waals surface area (Å²) in [5.41, 5.74) is -0.999. The van der Waals surface area contributed by atoms with Gasteiger partial charge in [-0.2, -0.15) is 0 Å². The molecule has 0 bridgehead atoms. The second-order valence-corrected chi connectivity index (χ2v) is 7.64. The number of H-pyrrole nitrogens is 1. The minimum Gasteiger partial charge on any atom is -0.350 e. The van der Waals surface area contributed by atoms with Gasteiger partial charge < -0.3 is 15.2 Å². The highest BCUT2D eigenvalue weighted by Crippen LogP contribution is 2.65. The lowest BCUT2D eigenvalue weighted by Gasteiger charge is -2.23. The van der Waals surface area contributed by atoms with Crippen molar-refractivity contribution in [2.45, 2.75) is 38.2 Å². The van der Waals surface area contributed by atoms with E-state index in [1.165, 1.54) is 11.0 Å². The Bertz CT molecular complexity index is 973. The minimum absolute atomic E-state index is 0.0118. The predicted octanol–water partition coefficient (Wildman–Crippen LogP) is 3.21. The monoisotopic (exact) mass is 397 g/mol. The van der Waals surface area contributed by atoms with E-state index in [1.807, 2.05) is 0 Å². The normalized spacial score (nSPS) is 24.0. The lowest BCUT2D eigenvalue weighted by molar-refractivity contribution is -0.132. The number of fused-ring (bicyclic) bond motifs is 1. The average molecular weight is 397 g/mol. The molecule has 2 N–H and O–H groups in total. The number of nitrogens with zero attached hydrogens (tertiary/aromatic N) is 1. The molecule has 150 valence electrons. The number of aromatic nitrogens is 1. The molecule has 1 aliphatic carbocycles. The number of carbonyl (C=O) groups is 2. The van der Waals surface area contributed by atoms with E-state index < -0.39 is 40.8 Å². The number of hydrogen-bond donors (Lipinski definition) is 2. The Morgan fingerprint density at radius 3 is 2.61 bits per heavy atom. The Kier molecular flexibility index (Phi) is 4.17. The third-order valence-corrected chi connectivity index (χ3v) is 5.79. The van der Waals surface area contributed by atoms with Crippen LogP contribution in [0.3, 0.4) is 0 Å². The van der Waals surface area contributed by atoms with Crippen molar-refractivity contribution in [3.8, 4) is 0 Å². The third kappa shape index (κ3) is 2.93. The number of carbonyl (C=O) groups excluding carboxylic acids is 2. The predicted molar refractivity (Wildman–Crippen MR) is 93.0 cm³/mol. The summed E-state index contributed by atoms with van der Waals surface area (Å²) in [4.78, 5) is 29.2. The number of rotatable bonds is 4. The Morgan fingerprint density at radius 2 is 2.00 bits per heavy atom. The van der Waals surface area contributed by atoms with Gasteiger partial charge in [-0.05, 0) is 25.0 Å². The van der Waals surface area contributed by atoms with Crippen molar-refractivity contribution < 1.29 is 27.2 Å². The Hall–Kier alpha value is -2.58. The largest absolute Gasteiger partial charge is 0.350 e. The van der Waals surface area contributed by atoms with E-state index in [0.29, 0.717) is 6.07 Å². The summed E-state index contributed by atoms with van der Waals surface area (Å²) in [5.74, 6) is -5.37. The van der Waals surface area contributed by atoms with Crippen molar-refractivity contribution in [1.82, 2.24) is 15.2 Å². The van der Waals surface area contributed by atoms with Crippen LogP contribution in [0.2, 0.25) is 0 Å². The van der Waals surface area contributed by atoms with Crippen LogP contribution >= 0.6 is 0 Å². The second kappa shape index (κ2) is 6.22. The summed E-state index contributed by atoms with van der Waals surface area (Å²) in [6.45, 7) is 1.92. The van der Waals surface area contributed by atoms with Crippen molar-refractivity contribution in [1.29, 1.82) is 0 Å². The van der Waals surface area contributed by atoms with E-state index in [4.69, 9.17) is 0 Å². The van der Waals surface area contributed by atoms with E-state index in [9.17, 15) is 27.2 Å². The van der Waals surface area contributed by atoms with Gasteiger partial charge in [0.25, 0.3) is 11.8 Å². The molecule has 0 radical (unpaired) electrons. The Balaban J connectivity index is 1.47. The molecular weight excluding hydrogens is 378 g/mol. The fourth-order valence-corrected chi connectivity index (χ4v) is 3.96. The summed E-state index contributed by atoms with van der Waals surface area (Å²) in [6.07, 6.45) is 0.320. The van der Waals surface area contributed by atoms with Crippen molar-refractivity contribution in [3.63, 3.8) is 0 Å². The summed E-state index contributed by atoms with van der Waals surface area (Å²) >= 11 is 0. The maximum Gasteiger partial charge on any atom is 0.268 e. The summed E-state index contributed by atoms with van der Waals surface area (Å²) in [5, 5.41) is 2.62. The van der Waals surface area contributed by atoms with Gasteiger partial charge in [0.15, 0.2) is 0 Å². The number of halogens is 4. The summed E-state index contributed by atoms with van der Waals surface area (Å²) in [7, 11) is 0. The number of nitrogens with one attached hydrogen (secondary N) is 2. The van der Waals surface area contributed by atoms with Crippen LogP contribution in [0.15, 0.2) is 18.2 Å². The Labute approximate surface area is 158 Å². The van der Waals surface area contributed by atoms with Gasteiger partial charge in [0.1, 0.15) is 23.4 Å². The molecule has 5 nitrogen and oxygen atoms in total. The first kappa shape index (κ1) is 18.8. The zero-order chi connectivity index (χ0) is 20.3. The van der Waals surface area contributed by atoms with Gasteiger partial charge in [0, 0.05) is 31.0 Å². The molecule has 1 aromatic carbocycles.